The number of fused-ring (bicyclic) bond motifs is 1. The zero-order chi connectivity index (χ0) is 16.2. The lowest BCUT2D eigenvalue weighted by molar-refractivity contribution is -0.121. The average molecular weight is 310 g/mol. The number of amides is 1. The number of carbonyl (C=O) groups is 1. The van der Waals surface area contributed by atoms with Crippen molar-refractivity contribution in [1.82, 2.24) is 19.9 Å². The van der Waals surface area contributed by atoms with Crippen molar-refractivity contribution in [3.05, 3.63) is 75.2 Å². The normalized spacial score (nSPS) is 10.6. The van der Waals surface area contributed by atoms with Crippen molar-refractivity contribution >= 4 is 16.8 Å². The van der Waals surface area contributed by atoms with Crippen LogP contribution in [0.5, 0.6) is 0 Å². The van der Waals surface area contributed by atoms with Gasteiger partial charge in [-0.1, -0.05) is 18.2 Å². The average Bonchev–Trinajstić information content (AvgIpc) is 2.58. The van der Waals surface area contributed by atoms with Gasteiger partial charge < -0.3 is 10.3 Å². The Bertz CT molecular complexity index is 960. The lowest BCUT2D eigenvalue weighted by atomic mass is 10.2. The van der Waals surface area contributed by atoms with Crippen molar-refractivity contribution < 1.29 is 4.79 Å². The van der Waals surface area contributed by atoms with Crippen LogP contribution in [0.1, 0.15) is 5.56 Å². The van der Waals surface area contributed by atoms with E-state index >= 15 is 0 Å². The molecule has 0 fully saturated rings. The maximum atomic E-state index is 12.3. The second kappa shape index (κ2) is 6.27. The van der Waals surface area contributed by atoms with Gasteiger partial charge in [0.1, 0.15) is 6.54 Å². The van der Waals surface area contributed by atoms with Crippen molar-refractivity contribution in [1.29, 1.82) is 0 Å². The number of pyridine rings is 1. The van der Waals surface area contributed by atoms with Gasteiger partial charge in [0.2, 0.25) is 5.91 Å². The quantitative estimate of drug-likeness (QED) is 0.729. The van der Waals surface area contributed by atoms with Gasteiger partial charge in [0.05, 0.1) is 10.9 Å². The Morgan fingerprint density at radius 1 is 1.17 bits per heavy atom. The number of aromatic amines is 1. The number of hydrogen-bond donors (Lipinski definition) is 2. The number of nitrogens with zero attached hydrogens (tertiary/aromatic N) is 2. The molecular weight excluding hydrogens is 296 g/mol. The van der Waals surface area contributed by atoms with Crippen LogP contribution in [-0.4, -0.2) is 20.4 Å². The van der Waals surface area contributed by atoms with Crippen LogP contribution in [0.3, 0.4) is 0 Å². The molecule has 0 spiro atoms. The molecule has 1 aromatic carbocycles. The number of carbonyl (C=O) groups excluding carboxylic acids is 1. The Kier molecular flexibility index (Phi) is 4.01. The number of aromatic nitrogens is 3. The van der Waals surface area contributed by atoms with Gasteiger partial charge in [0, 0.05) is 18.9 Å². The topological polar surface area (TPSA) is 96.9 Å². The molecule has 0 unspecified atom stereocenters. The van der Waals surface area contributed by atoms with Crippen LogP contribution < -0.4 is 16.6 Å². The van der Waals surface area contributed by atoms with Gasteiger partial charge in [-0.05, 0) is 23.8 Å². The largest absolute Gasteiger partial charge is 0.350 e. The molecule has 0 aliphatic rings. The minimum absolute atomic E-state index is 0.285. The molecule has 2 N–H and O–H groups in total. The molecule has 0 radical (unpaired) electrons. The molecule has 1 amide bonds. The smallest absolute Gasteiger partial charge is 0.329 e. The Morgan fingerprint density at radius 2 is 2.00 bits per heavy atom. The van der Waals surface area contributed by atoms with E-state index in [1.54, 1.807) is 42.7 Å². The second-order valence-electron chi connectivity index (χ2n) is 5.01. The number of nitrogens with one attached hydrogen (secondary N) is 2. The van der Waals surface area contributed by atoms with Gasteiger partial charge in [0.15, 0.2) is 0 Å². The zero-order valence-electron chi connectivity index (χ0n) is 12.2. The highest BCUT2D eigenvalue weighted by Gasteiger charge is 2.10. The van der Waals surface area contributed by atoms with Crippen LogP contribution in [-0.2, 0) is 17.9 Å². The molecule has 2 aromatic heterocycles. The highest BCUT2D eigenvalue weighted by Crippen LogP contribution is 2.02. The van der Waals surface area contributed by atoms with E-state index in [1.807, 2.05) is 6.07 Å². The Morgan fingerprint density at radius 3 is 2.78 bits per heavy atom. The first-order valence-electron chi connectivity index (χ1n) is 7.02. The van der Waals surface area contributed by atoms with Gasteiger partial charge in [-0.15, -0.1) is 0 Å². The Balaban J connectivity index is 1.80. The van der Waals surface area contributed by atoms with Crippen LogP contribution in [0.25, 0.3) is 10.9 Å². The SMILES string of the molecule is O=C(Cn1c(=O)[nH]c2ccccc2c1=O)NCc1cccnc1. The number of rotatable bonds is 4. The van der Waals surface area contributed by atoms with Crippen LogP contribution >= 0.6 is 0 Å². The van der Waals surface area contributed by atoms with E-state index in [9.17, 15) is 14.4 Å². The van der Waals surface area contributed by atoms with Gasteiger partial charge >= 0.3 is 5.69 Å². The molecule has 0 aliphatic carbocycles. The van der Waals surface area contributed by atoms with E-state index in [0.717, 1.165) is 10.1 Å². The van der Waals surface area contributed by atoms with Crippen molar-refractivity contribution in [2.24, 2.45) is 0 Å². The molecular formula is C16H14N4O3. The summed E-state index contributed by atoms with van der Waals surface area (Å²) in [6, 6.07) is 10.3. The number of hydrogen-bond acceptors (Lipinski definition) is 4. The van der Waals surface area contributed by atoms with E-state index in [4.69, 9.17) is 0 Å². The molecule has 3 aromatic rings. The van der Waals surface area contributed by atoms with E-state index in [-0.39, 0.29) is 13.1 Å². The van der Waals surface area contributed by atoms with E-state index in [1.165, 1.54) is 0 Å². The maximum absolute atomic E-state index is 12.3. The van der Waals surface area contributed by atoms with Crippen LogP contribution in [0.2, 0.25) is 0 Å². The third-order valence-electron chi connectivity index (χ3n) is 3.40. The molecule has 116 valence electrons. The summed E-state index contributed by atoms with van der Waals surface area (Å²) in [7, 11) is 0. The first-order valence-corrected chi connectivity index (χ1v) is 7.02. The first kappa shape index (κ1) is 14.7. The molecule has 0 aliphatic heterocycles. The van der Waals surface area contributed by atoms with Crippen LogP contribution in [0.15, 0.2) is 58.4 Å². The summed E-state index contributed by atoms with van der Waals surface area (Å²) in [5.41, 5.74) is 0.196. The van der Waals surface area contributed by atoms with Crippen molar-refractivity contribution in [3.63, 3.8) is 0 Å². The summed E-state index contributed by atoms with van der Waals surface area (Å²) in [5, 5.41) is 3.03. The van der Waals surface area contributed by atoms with E-state index < -0.39 is 17.2 Å². The number of para-hydroxylation sites is 1. The third-order valence-corrected chi connectivity index (χ3v) is 3.40. The molecule has 0 atom stereocenters. The number of H-pyrrole nitrogens is 1. The number of benzene rings is 1. The van der Waals surface area contributed by atoms with Crippen LogP contribution in [0.4, 0.5) is 0 Å². The minimum atomic E-state index is -0.606. The molecule has 0 saturated heterocycles. The zero-order valence-corrected chi connectivity index (χ0v) is 12.2. The monoisotopic (exact) mass is 310 g/mol. The summed E-state index contributed by atoms with van der Waals surface area (Å²) < 4.78 is 0.890. The summed E-state index contributed by atoms with van der Waals surface area (Å²) in [6.07, 6.45) is 3.27. The summed E-state index contributed by atoms with van der Waals surface area (Å²) in [4.78, 5) is 42.8. The van der Waals surface area contributed by atoms with Crippen LogP contribution in [0, 0.1) is 0 Å². The Hall–Kier alpha value is -3.22. The predicted octanol–water partition coefficient (Wildman–Crippen LogP) is 0.401. The standard InChI is InChI=1S/C16H14N4O3/c21-14(18-9-11-4-3-7-17-8-11)10-20-15(22)12-5-1-2-6-13(12)19-16(20)23/h1-8H,9-10H2,(H,18,21)(H,19,23). The van der Waals surface area contributed by atoms with Gasteiger partial charge in [-0.25, -0.2) is 4.79 Å². The predicted molar refractivity (Wildman–Crippen MR) is 84.9 cm³/mol. The molecule has 0 saturated carbocycles. The molecule has 7 nitrogen and oxygen atoms in total. The first-order chi connectivity index (χ1) is 11.1. The third kappa shape index (κ3) is 3.18. The summed E-state index contributed by atoms with van der Waals surface area (Å²) in [5.74, 6) is -0.420. The maximum Gasteiger partial charge on any atom is 0.329 e. The van der Waals surface area contributed by atoms with Gasteiger partial charge in [0.25, 0.3) is 5.56 Å². The fraction of sp³-hybridized carbons (Fsp3) is 0.125. The Labute approximate surface area is 130 Å². The highest BCUT2D eigenvalue weighted by molar-refractivity contribution is 5.78. The van der Waals surface area contributed by atoms with Crippen molar-refractivity contribution in [3.8, 4) is 0 Å². The lowest BCUT2D eigenvalue weighted by Gasteiger charge is -2.07. The molecule has 7 heteroatoms. The molecule has 2 heterocycles. The van der Waals surface area contributed by atoms with E-state index in [2.05, 4.69) is 15.3 Å². The molecule has 3 rings (SSSR count). The van der Waals surface area contributed by atoms with Gasteiger partial charge in [-0.2, -0.15) is 0 Å². The fourth-order valence-corrected chi connectivity index (χ4v) is 2.25. The fourth-order valence-electron chi connectivity index (χ4n) is 2.25. The highest BCUT2D eigenvalue weighted by atomic mass is 16.2. The van der Waals surface area contributed by atoms with Gasteiger partial charge in [-0.3, -0.25) is 19.1 Å². The minimum Gasteiger partial charge on any atom is -0.350 e. The van der Waals surface area contributed by atoms with Crippen molar-refractivity contribution in [2.45, 2.75) is 13.1 Å². The van der Waals surface area contributed by atoms with E-state index in [0.29, 0.717) is 10.9 Å². The summed E-state index contributed by atoms with van der Waals surface area (Å²) in [6.45, 7) is -0.0494. The second-order valence-corrected chi connectivity index (χ2v) is 5.01. The molecule has 23 heavy (non-hydrogen) atoms. The lowest BCUT2D eigenvalue weighted by Crippen LogP contribution is -2.40. The molecule has 0 bridgehead atoms. The summed E-state index contributed by atoms with van der Waals surface area (Å²) >= 11 is 0. The van der Waals surface area contributed by atoms with Crippen molar-refractivity contribution in [2.75, 3.05) is 0 Å².